The lowest BCUT2D eigenvalue weighted by Crippen LogP contribution is -2.07. The SMILES string of the molecule is Cc1cc2c(NC(C)c3cnn(C)c3)nccc2o1. The van der Waals surface area contributed by atoms with Crippen molar-refractivity contribution in [1.82, 2.24) is 14.8 Å². The summed E-state index contributed by atoms with van der Waals surface area (Å²) in [5.74, 6) is 1.73. The Labute approximate surface area is 111 Å². The average molecular weight is 256 g/mol. The molecule has 0 spiro atoms. The fourth-order valence-electron chi connectivity index (χ4n) is 2.16. The molecule has 0 saturated heterocycles. The van der Waals surface area contributed by atoms with Crippen LogP contribution in [-0.2, 0) is 7.05 Å². The minimum atomic E-state index is 0.141. The molecule has 3 aromatic rings. The summed E-state index contributed by atoms with van der Waals surface area (Å²) in [7, 11) is 1.91. The Hall–Kier alpha value is -2.30. The van der Waals surface area contributed by atoms with Crippen molar-refractivity contribution in [3.05, 3.63) is 42.0 Å². The summed E-state index contributed by atoms with van der Waals surface area (Å²) in [6.45, 7) is 4.03. The molecule has 0 fully saturated rings. The number of pyridine rings is 1. The van der Waals surface area contributed by atoms with Crippen LogP contribution in [0.3, 0.4) is 0 Å². The standard InChI is InChI=1S/C14H16N4O/c1-9-6-12-13(19-9)4-5-15-14(12)17-10(2)11-7-16-18(3)8-11/h4-8,10H,1-3H3,(H,15,17). The van der Waals surface area contributed by atoms with E-state index >= 15 is 0 Å². The van der Waals surface area contributed by atoms with E-state index in [2.05, 4.69) is 22.3 Å². The normalized spacial score (nSPS) is 12.8. The molecule has 0 aromatic carbocycles. The molecule has 0 saturated carbocycles. The molecule has 0 aliphatic rings. The first-order chi connectivity index (χ1) is 9.13. The number of hydrogen-bond donors (Lipinski definition) is 1. The highest BCUT2D eigenvalue weighted by atomic mass is 16.3. The van der Waals surface area contributed by atoms with Crippen LogP contribution in [0.4, 0.5) is 5.82 Å². The lowest BCUT2D eigenvalue weighted by atomic mass is 10.2. The van der Waals surface area contributed by atoms with Gasteiger partial charge in [0.2, 0.25) is 0 Å². The first-order valence-corrected chi connectivity index (χ1v) is 6.24. The summed E-state index contributed by atoms with van der Waals surface area (Å²) >= 11 is 0. The number of fused-ring (bicyclic) bond motifs is 1. The van der Waals surface area contributed by atoms with Gasteiger partial charge in [0.15, 0.2) is 0 Å². The minimum Gasteiger partial charge on any atom is -0.461 e. The van der Waals surface area contributed by atoms with Gasteiger partial charge in [-0.3, -0.25) is 4.68 Å². The number of rotatable bonds is 3. The van der Waals surface area contributed by atoms with Crippen LogP contribution in [-0.4, -0.2) is 14.8 Å². The fraction of sp³-hybridized carbons (Fsp3) is 0.286. The summed E-state index contributed by atoms with van der Waals surface area (Å²) in [6, 6.07) is 4.02. The lowest BCUT2D eigenvalue weighted by Gasteiger charge is -2.13. The highest BCUT2D eigenvalue weighted by Gasteiger charge is 2.12. The predicted octanol–water partition coefficient (Wildman–Crippen LogP) is 3.04. The van der Waals surface area contributed by atoms with Crippen LogP contribution < -0.4 is 5.32 Å². The number of nitrogens with zero attached hydrogens (tertiary/aromatic N) is 3. The first kappa shape index (κ1) is 11.8. The van der Waals surface area contributed by atoms with Crippen LogP contribution in [0.1, 0.15) is 24.3 Å². The zero-order chi connectivity index (χ0) is 13.4. The van der Waals surface area contributed by atoms with E-state index in [0.29, 0.717) is 0 Å². The number of anilines is 1. The van der Waals surface area contributed by atoms with E-state index in [-0.39, 0.29) is 6.04 Å². The van der Waals surface area contributed by atoms with Gasteiger partial charge in [-0.15, -0.1) is 0 Å². The molecule has 3 rings (SSSR count). The van der Waals surface area contributed by atoms with Crippen LogP contribution in [0.15, 0.2) is 35.1 Å². The van der Waals surface area contributed by atoms with Crippen molar-refractivity contribution in [3.63, 3.8) is 0 Å². The van der Waals surface area contributed by atoms with Gasteiger partial charge in [0.05, 0.1) is 17.6 Å². The summed E-state index contributed by atoms with van der Waals surface area (Å²) < 4.78 is 7.40. The van der Waals surface area contributed by atoms with Crippen molar-refractivity contribution in [2.24, 2.45) is 7.05 Å². The molecule has 0 bridgehead atoms. The molecule has 5 nitrogen and oxygen atoms in total. The minimum absolute atomic E-state index is 0.141. The molecule has 3 aromatic heterocycles. The second-order valence-corrected chi connectivity index (χ2v) is 4.74. The van der Waals surface area contributed by atoms with Crippen molar-refractivity contribution in [2.45, 2.75) is 19.9 Å². The summed E-state index contributed by atoms with van der Waals surface area (Å²) in [5.41, 5.74) is 1.98. The second-order valence-electron chi connectivity index (χ2n) is 4.74. The van der Waals surface area contributed by atoms with E-state index in [4.69, 9.17) is 4.42 Å². The van der Waals surface area contributed by atoms with Crippen LogP contribution in [0, 0.1) is 6.92 Å². The predicted molar refractivity (Wildman–Crippen MR) is 74.0 cm³/mol. The topological polar surface area (TPSA) is 55.9 Å². The van der Waals surface area contributed by atoms with Gasteiger partial charge in [0.25, 0.3) is 0 Å². The third-order valence-electron chi connectivity index (χ3n) is 3.15. The number of nitrogens with one attached hydrogen (secondary N) is 1. The van der Waals surface area contributed by atoms with E-state index in [1.165, 1.54) is 0 Å². The highest BCUT2D eigenvalue weighted by molar-refractivity contribution is 5.88. The van der Waals surface area contributed by atoms with E-state index in [1.807, 2.05) is 38.5 Å². The number of aromatic nitrogens is 3. The van der Waals surface area contributed by atoms with Crippen LogP contribution in [0.25, 0.3) is 11.0 Å². The molecule has 19 heavy (non-hydrogen) atoms. The van der Waals surface area contributed by atoms with Crippen molar-refractivity contribution in [3.8, 4) is 0 Å². The third kappa shape index (κ3) is 2.19. The Morgan fingerprint density at radius 3 is 3.00 bits per heavy atom. The zero-order valence-electron chi connectivity index (χ0n) is 11.2. The van der Waals surface area contributed by atoms with E-state index in [1.54, 1.807) is 10.9 Å². The van der Waals surface area contributed by atoms with Gasteiger partial charge in [-0.25, -0.2) is 4.98 Å². The Kier molecular flexibility index (Phi) is 2.74. The molecule has 0 aliphatic heterocycles. The summed E-state index contributed by atoms with van der Waals surface area (Å²) in [4.78, 5) is 4.39. The van der Waals surface area contributed by atoms with Crippen molar-refractivity contribution < 1.29 is 4.42 Å². The van der Waals surface area contributed by atoms with Gasteiger partial charge in [0, 0.05) is 25.0 Å². The zero-order valence-corrected chi connectivity index (χ0v) is 11.2. The van der Waals surface area contributed by atoms with Gasteiger partial charge < -0.3 is 9.73 Å². The van der Waals surface area contributed by atoms with Crippen molar-refractivity contribution in [2.75, 3.05) is 5.32 Å². The van der Waals surface area contributed by atoms with Gasteiger partial charge >= 0.3 is 0 Å². The Morgan fingerprint density at radius 2 is 2.26 bits per heavy atom. The monoisotopic (exact) mass is 256 g/mol. The maximum atomic E-state index is 5.60. The maximum absolute atomic E-state index is 5.60. The molecular formula is C14H16N4O. The van der Waals surface area contributed by atoms with Gasteiger partial charge in [-0.2, -0.15) is 5.10 Å². The third-order valence-corrected chi connectivity index (χ3v) is 3.15. The van der Waals surface area contributed by atoms with Crippen LogP contribution in [0.5, 0.6) is 0 Å². The quantitative estimate of drug-likeness (QED) is 0.782. The van der Waals surface area contributed by atoms with Crippen LogP contribution in [0.2, 0.25) is 0 Å². The summed E-state index contributed by atoms with van der Waals surface area (Å²) in [5, 5.41) is 8.60. The van der Waals surface area contributed by atoms with Crippen LogP contribution >= 0.6 is 0 Å². The Balaban J connectivity index is 1.92. The fourth-order valence-corrected chi connectivity index (χ4v) is 2.16. The van der Waals surface area contributed by atoms with E-state index in [0.717, 1.165) is 28.1 Å². The number of furan rings is 1. The Bertz CT molecular complexity index is 713. The van der Waals surface area contributed by atoms with Gasteiger partial charge in [-0.1, -0.05) is 0 Å². The average Bonchev–Trinajstić information content (AvgIpc) is 2.95. The second kappa shape index (κ2) is 4.42. The molecule has 0 amide bonds. The molecule has 98 valence electrons. The lowest BCUT2D eigenvalue weighted by molar-refractivity contribution is 0.578. The summed E-state index contributed by atoms with van der Waals surface area (Å²) in [6.07, 6.45) is 5.61. The largest absolute Gasteiger partial charge is 0.461 e. The molecule has 1 atom stereocenters. The molecule has 1 N–H and O–H groups in total. The molecular weight excluding hydrogens is 240 g/mol. The van der Waals surface area contributed by atoms with Crippen molar-refractivity contribution in [1.29, 1.82) is 0 Å². The molecule has 0 aliphatic carbocycles. The molecule has 0 radical (unpaired) electrons. The molecule has 5 heteroatoms. The highest BCUT2D eigenvalue weighted by Crippen LogP contribution is 2.27. The number of hydrogen-bond acceptors (Lipinski definition) is 4. The van der Waals surface area contributed by atoms with E-state index < -0.39 is 0 Å². The smallest absolute Gasteiger partial charge is 0.139 e. The Morgan fingerprint density at radius 1 is 1.42 bits per heavy atom. The van der Waals surface area contributed by atoms with Gasteiger partial charge in [0.1, 0.15) is 17.2 Å². The maximum Gasteiger partial charge on any atom is 0.139 e. The molecule has 3 heterocycles. The van der Waals surface area contributed by atoms with E-state index in [9.17, 15) is 0 Å². The number of aryl methyl sites for hydroxylation is 2. The van der Waals surface area contributed by atoms with Crippen molar-refractivity contribution >= 4 is 16.8 Å². The first-order valence-electron chi connectivity index (χ1n) is 6.24. The van der Waals surface area contributed by atoms with Gasteiger partial charge in [-0.05, 0) is 26.0 Å². The molecule has 1 unspecified atom stereocenters.